The number of hydrogen-bond donors (Lipinski definition) is 1. The minimum Gasteiger partial charge on any atom is -0.744 e. The van der Waals surface area contributed by atoms with E-state index in [0.717, 1.165) is 18.6 Å². The lowest BCUT2D eigenvalue weighted by atomic mass is 9.81. The Bertz CT molecular complexity index is 1750. The minimum absolute atomic E-state index is 0.133. The van der Waals surface area contributed by atoms with Crippen LogP contribution in [0.15, 0.2) is 83.5 Å². The van der Waals surface area contributed by atoms with Crippen LogP contribution in [0.5, 0.6) is 0 Å². The molecule has 1 atom stereocenters. The van der Waals surface area contributed by atoms with Gasteiger partial charge in [0, 0.05) is 60.7 Å². The molecule has 2 aromatic rings. The maximum absolute atomic E-state index is 12.5. The maximum atomic E-state index is 12.5. The second-order valence-electron chi connectivity index (χ2n) is 12.2. The fraction of sp³-hybridized carbons (Fsp3) is 0.353. The van der Waals surface area contributed by atoms with Gasteiger partial charge in [-0.2, -0.15) is 4.58 Å². The lowest BCUT2D eigenvalue weighted by Crippen LogP contribution is -2.36. The van der Waals surface area contributed by atoms with Crippen LogP contribution < -0.4 is 4.90 Å². The largest absolute Gasteiger partial charge is 0.744 e. The van der Waals surface area contributed by atoms with Gasteiger partial charge in [-0.05, 0) is 95.8 Å². The van der Waals surface area contributed by atoms with E-state index in [0.29, 0.717) is 17.7 Å². The van der Waals surface area contributed by atoms with E-state index in [4.69, 9.17) is 0 Å². The number of benzene rings is 2. The Hall–Kier alpha value is -2.29. The summed E-state index contributed by atoms with van der Waals surface area (Å²) in [7, 11) is -2.57. The van der Waals surface area contributed by atoms with Crippen LogP contribution in [0.3, 0.4) is 0 Å². The highest BCUT2D eigenvalue weighted by Crippen LogP contribution is 2.49. The number of carboxylic acids is 1. The van der Waals surface area contributed by atoms with Crippen LogP contribution in [0.2, 0.25) is 0 Å². The third kappa shape index (κ3) is 6.63. The summed E-state index contributed by atoms with van der Waals surface area (Å²) in [6.45, 7) is 10.3. The van der Waals surface area contributed by atoms with Gasteiger partial charge in [0.2, 0.25) is 5.69 Å². The zero-order valence-corrected chi connectivity index (χ0v) is 30.9. The first-order valence-corrected chi connectivity index (χ1v) is 18.0. The maximum Gasteiger partial charge on any atom is 0.373 e. The van der Waals surface area contributed by atoms with Crippen molar-refractivity contribution in [2.24, 2.45) is 0 Å². The van der Waals surface area contributed by atoms with Gasteiger partial charge < -0.3 is 14.6 Å². The summed E-state index contributed by atoms with van der Waals surface area (Å²) in [5, 5.41) is 10.2. The number of nitrogens with zero attached hydrogens (tertiary/aromatic N) is 2. The Kier molecular flexibility index (Phi) is 10.4. The number of likely N-dealkylation sites (N-methyl/N-ethyl adjacent to an activating group) is 1. The van der Waals surface area contributed by atoms with Crippen molar-refractivity contribution < 1.29 is 27.4 Å². The van der Waals surface area contributed by atoms with Crippen molar-refractivity contribution >= 4 is 78.4 Å². The molecule has 2 heterocycles. The number of rotatable bonds is 10. The van der Waals surface area contributed by atoms with Crippen LogP contribution in [0, 0.1) is 7.14 Å². The van der Waals surface area contributed by atoms with E-state index in [9.17, 15) is 22.9 Å². The molecule has 44 heavy (non-hydrogen) atoms. The van der Waals surface area contributed by atoms with Crippen molar-refractivity contribution in [3.63, 3.8) is 0 Å². The van der Waals surface area contributed by atoms with Crippen LogP contribution in [-0.2, 0) is 25.7 Å². The van der Waals surface area contributed by atoms with E-state index in [-0.39, 0.29) is 10.3 Å². The summed E-state index contributed by atoms with van der Waals surface area (Å²) >= 11 is 4.78. The van der Waals surface area contributed by atoms with Crippen LogP contribution in [0.25, 0.3) is 0 Å². The molecule has 1 N–H and O–H groups in total. The summed E-state index contributed by atoms with van der Waals surface area (Å²) in [5.74, 6) is -0.952. The molecule has 0 bridgehead atoms. The molecule has 2 aliphatic rings. The Morgan fingerprint density at radius 2 is 1.70 bits per heavy atom. The van der Waals surface area contributed by atoms with Gasteiger partial charge in [0.05, 0.1) is 10.3 Å². The summed E-state index contributed by atoms with van der Waals surface area (Å²) in [6, 6.07) is 7.80. The van der Waals surface area contributed by atoms with E-state index in [1.54, 1.807) is 10.6 Å². The van der Waals surface area contributed by atoms with E-state index in [1.807, 2.05) is 57.2 Å². The molecule has 4 rings (SSSR count). The summed E-state index contributed by atoms with van der Waals surface area (Å²) in [4.78, 5) is 14.4. The first-order chi connectivity index (χ1) is 20.5. The van der Waals surface area contributed by atoms with E-state index < -0.39 is 27.5 Å². The average Bonchev–Trinajstić information content (AvgIpc) is 3.25. The second-order valence-corrected chi connectivity index (χ2v) is 15.9. The number of unbranched alkanes of at least 4 members (excludes halogenated alkanes) is 1. The normalized spacial score (nSPS) is 19.1. The molecule has 0 fully saturated rings. The highest BCUT2D eigenvalue weighted by atomic mass is 127. The number of allylic oxidation sites excluding steroid dienone is 8. The molecule has 10 heteroatoms. The number of carbonyl (C=O) groups is 1. The standard InChI is InChI=1S/C34H38I2N2O5S/c1-7-8-14-27(32(39)40)38-26-18-17-23(44(41,42)43)21-24(26)33(2,3)30(38)16-13-11-9-10-12-15-29-34(4,5)31-25(36)19-22(35)20-28(31)37(29)6/h9-13,15-21,27H,7-8,14H2,1-6H3,(H-,39,40,41,42,43). The SMILES string of the molecule is CCCCC(C(=O)O)[N+]1=C(/C=C/C=C/C=C/C=C2\N(C)c3cc(I)cc(I)c3C2(C)C)C(C)(C)c2cc(S(=O)(=O)[O-])ccc21. The molecule has 0 saturated carbocycles. The lowest BCUT2D eigenvalue weighted by Gasteiger charge is -2.24. The molecule has 0 amide bonds. The monoisotopic (exact) mass is 840 g/mol. The van der Waals surface area contributed by atoms with Gasteiger partial charge in [0.25, 0.3) is 6.04 Å². The Labute approximate surface area is 288 Å². The quantitative estimate of drug-likeness (QED) is 0.114. The number of halogens is 2. The smallest absolute Gasteiger partial charge is 0.373 e. The molecule has 234 valence electrons. The molecule has 2 aromatic carbocycles. The van der Waals surface area contributed by atoms with Gasteiger partial charge >= 0.3 is 5.97 Å². The van der Waals surface area contributed by atoms with Gasteiger partial charge in [-0.25, -0.2) is 13.2 Å². The minimum atomic E-state index is -4.67. The molecule has 1 unspecified atom stereocenters. The number of carboxylic acid groups (broad SMARTS) is 1. The predicted octanol–water partition coefficient (Wildman–Crippen LogP) is 7.80. The van der Waals surface area contributed by atoms with Crippen molar-refractivity contribution in [1.29, 1.82) is 0 Å². The zero-order chi connectivity index (χ0) is 32.6. The van der Waals surface area contributed by atoms with Crippen molar-refractivity contribution in [2.45, 2.75) is 75.6 Å². The summed E-state index contributed by atoms with van der Waals surface area (Å²) in [6.07, 6.45) is 15.7. The highest BCUT2D eigenvalue weighted by Gasteiger charge is 2.49. The Morgan fingerprint density at radius 1 is 1.05 bits per heavy atom. The first-order valence-electron chi connectivity index (χ1n) is 14.5. The number of anilines is 1. The van der Waals surface area contributed by atoms with E-state index >= 15 is 0 Å². The topological polar surface area (TPSA) is 101 Å². The molecular formula is C34H38I2N2O5S. The molecule has 7 nitrogen and oxygen atoms in total. The van der Waals surface area contributed by atoms with Crippen LogP contribution in [0.1, 0.15) is 65.0 Å². The van der Waals surface area contributed by atoms with Gasteiger partial charge in [0.15, 0.2) is 5.71 Å². The zero-order valence-electron chi connectivity index (χ0n) is 25.8. The predicted molar refractivity (Wildman–Crippen MR) is 192 cm³/mol. The molecule has 0 aromatic heterocycles. The summed E-state index contributed by atoms with van der Waals surface area (Å²) < 4.78 is 39.7. The molecule has 2 aliphatic heterocycles. The van der Waals surface area contributed by atoms with E-state index in [2.05, 4.69) is 89.2 Å². The fourth-order valence-corrected chi connectivity index (χ4v) is 9.25. The number of hydrogen-bond acceptors (Lipinski definition) is 5. The average molecular weight is 841 g/mol. The van der Waals surface area contributed by atoms with Crippen molar-refractivity contribution in [1.82, 2.24) is 0 Å². The molecule has 0 aliphatic carbocycles. The van der Waals surface area contributed by atoms with Crippen LogP contribution >= 0.6 is 45.2 Å². The molecule has 0 saturated heterocycles. The van der Waals surface area contributed by atoms with Crippen molar-refractivity contribution in [3.05, 3.63) is 96.8 Å². The Balaban J connectivity index is 1.65. The van der Waals surface area contributed by atoms with Gasteiger partial charge in [-0.3, -0.25) is 0 Å². The Morgan fingerprint density at radius 3 is 2.34 bits per heavy atom. The van der Waals surface area contributed by atoms with Gasteiger partial charge in [0.1, 0.15) is 10.1 Å². The van der Waals surface area contributed by atoms with Crippen LogP contribution in [-0.4, -0.2) is 47.4 Å². The third-order valence-electron chi connectivity index (χ3n) is 8.49. The lowest BCUT2D eigenvalue weighted by molar-refractivity contribution is -0.471. The molecular weight excluding hydrogens is 802 g/mol. The molecule has 0 spiro atoms. The number of aliphatic carboxylic acids is 1. The second kappa shape index (κ2) is 13.2. The molecule has 0 radical (unpaired) electrons. The highest BCUT2D eigenvalue weighted by molar-refractivity contribution is 14.1. The van der Waals surface area contributed by atoms with E-state index in [1.165, 1.54) is 36.2 Å². The summed E-state index contributed by atoms with van der Waals surface area (Å²) in [5.41, 5.74) is 4.84. The van der Waals surface area contributed by atoms with Crippen molar-refractivity contribution in [3.8, 4) is 0 Å². The first kappa shape index (κ1) is 34.6. The van der Waals surface area contributed by atoms with Crippen LogP contribution in [0.4, 0.5) is 11.4 Å². The van der Waals surface area contributed by atoms with Gasteiger partial charge in [-0.15, -0.1) is 0 Å². The fourth-order valence-electron chi connectivity index (χ4n) is 6.26. The number of fused-ring (bicyclic) bond motifs is 2. The van der Waals surface area contributed by atoms with Crippen molar-refractivity contribution in [2.75, 3.05) is 11.9 Å². The third-order valence-corrected chi connectivity index (χ3v) is 10.8. The van der Waals surface area contributed by atoms with Gasteiger partial charge in [-0.1, -0.05) is 57.6 Å².